The van der Waals surface area contributed by atoms with Gasteiger partial charge in [-0.3, -0.25) is 0 Å². The smallest absolute Gasteiger partial charge is 0.120 e. The Hall–Kier alpha value is -1.52. The van der Waals surface area contributed by atoms with E-state index in [1.165, 1.54) is 0 Å². The van der Waals surface area contributed by atoms with Crippen molar-refractivity contribution in [3.05, 3.63) is 87.4 Å². The van der Waals surface area contributed by atoms with Gasteiger partial charge in [-0.05, 0) is 29.8 Å². The second kappa shape index (κ2) is 7.16. The molecule has 0 N–H and O–H groups in total. The molecule has 0 spiro atoms. The van der Waals surface area contributed by atoms with Crippen molar-refractivity contribution >= 4 is 34.8 Å². The highest BCUT2D eigenvalue weighted by Gasteiger charge is 2.38. The molecule has 0 aliphatic heterocycles. The summed E-state index contributed by atoms with van der Waals surface area (Å²) in [5.74, 6) is 0. The van der Waals surface area contributed by atoms with Gasteiger partial charge in [0, 0.05) is 40.1 Å². The van der Waals surface area contributed by atoms with Crippen LogP contribution in [0.15, 0.2) is 61.2 Å². The first-order valence-corrected chi connectivity index (χ1v) is 8.40. The van der Waals surface area contributed by atoms with Crippen molar-refractivity contribution in [3.63, 3.8) is 0 Å². The zero-order valence-electron chi connectivity index (χ0n) is 12.9. The van der Waals surface area contributed by atoms with Crippen LogP contribution in [0.3, 0.4) is 0 Å². The van der Waals surface area contributed by atoms with E-state index in [2.05, 4.69) is 4.98 Å². The normalized spacial score (nSPS) is 13.7. The van der Waals surface area contributed by atoms with Crippen LogP contribution >= 0.6 is 34.8 Å². The molecular formula is C18H15Cl3N2O. The minimum atomic E-state index is -0.683. The first-order valence-electron chi connectivity index (χ1n) is 7.27. The highest BCUT2D eigenvalue weighted by molar-refractivity contribution is 6.35. The Bertz CT molecular complexity index is 819. The molecule has 3 aromatic rings. The van der Waals surface area contributed by atoms with Crippen LogP contribution in [0, 0.1) is 0 Å². The Morgan fingerprint density at radius 2 is 1.75 bits per heavy atom. The fourth-order valence-corrected chi connectivity index (χ4v) is 3.61. The Kier molecular flexibility index (Phi) is 5.16. The first kappa shape index (κ1) is 17.3. The van der Waals surface area contributed by atoms with Crippen LogP contribution in [-0.2, 0) is 10.3 Å². The molecule has 124 valence electrons. The number of methoxy groups -OCH3 is 1. The molecule has 3 rings (SSSR count). The number of ether oxygens (including phenoxy) is 1. The summed E-state index contributed by atoms with van der Waals surface area (Å²) in [7, 11) is 1.66. The molecule has 0 aliphatic rings. The number of benzene rings is 2. The van der Waals surface area contributed by atoms with Crippen LogP contribution in [0.2, 0.25) is 15.1 Å². The molecule has 0 saturated carbocycles. The van der Waals surface area contributed by atoms with Gasteiger partial charge in [-0.2, -0.15) is 0 Å². The van der Waals surface area contributed by atoms with Crippen molar-refractivity contribution < 1.29 is 4.74 Å². The number of aromatic nitrogens is 2. The summed E-state index contributed by atoms with van der Waals surface area (Å²) in [6.45, 7) is 0.367. The lowest BCUT2D eigenvalue weighted by molar-refractivity contribution is 0.133. The van der Waals surface area contributed by atoms with Crippen molar-refractivity contribution in [2.24, 2.45) is 0 Å². The lowest BCUT2D eigenvalue weighted by Gasteiger charge is -2.36. The van der Waals surface area contributed by atoms with Gasteiger partial charge in [0.15, 0.2) is 0 Å². The van der Waals surface area contributed by atoms with E-state index in [9.17, 15) is 0 Å². The molecule has 3 nitrogen and oxygen atoms in total. The molecule has 0 fully saturated rings. The largest absolute Gasteiger partial charge is 0.381 e. The van der Waals surface area contributed by atoms with E-state index < -0.39 is 5.54 Å². The molecule has 0 amide bonds. The van der Waals surface area contributed by atoms with E-state index in [-0.39, 0.29) is 0 Å². The van der Waals surface area contributed by atoms with E-state index in [0.717, 1.165) is 11.1 Å². The lowest BCUT2D eigenvalue weighted by atomic mass is 9.83. The highest BCUT2D eigenvalue weighted by Crippen LogP contribution is 2.39. The van der Waals surface area contributed by atoms with Gasteiger partial charge in [-0.15, -0.1) is 0 Å². The molecule has 1 aromatic heterocycles. The molecule has 1 heterocycles. The summed E-state index contributed by atoms with van der Waals surface area (Å²) in [5, 5.41) is 1.80. The lowest BCUT2D eigenvalue weighted by Crippen LogP contribution is -2.40. The van der Waals surface area contributed by atoms with Crippen LogP contribution in [0.25, 0.3) is 0 Å². The van der Waals surface area contributed by atoms with E-state index in [1.54, 1.807) is 25.7 Å². The maximum absolute atomic E-state index is 6.55. The first-order chi connectivity index (χ1) is 11.6. The Balaban J connectivity index is 2.32. The molecule has 1 unspecified atom stereocenters. The van der Waals surface area contributed by atoms with Gasteiger partial charge in [-0.25, -0.2) is 4.98 Å². The van der Waals surface area contributed by atoms with Crippen LogP contribution in [0.4, 0.5) is 0 Å². The van der Waals surface area contributed by atoms with Crippen LogP contribution < -0.4 is 0 Å². The van der Waals surface area contributed by atoms with Crippen LogP contribution in [0.5, 0.6) is 0 Å². The average Bonchev–Trinajstić information content (AvgIpc) is 3.09. The predicted octanol–water partition coefficient (Wildman–Crippen LogP) is 5.28. The zero-order chi connectivity index (χ0) is 17.2. The van der Waals surface area contributed by atoms with E-state index in [0.29, 0.717) is 21.7 Å². The van der Waals surface area contributed by atoms with Gasteiger partial charge in [0.05, 0.1) is 12.9 Å². The minimum absolute atomic E-state index is 0.367. The van der Waals surface area contributed by atoms with Gasteiger partial charge in [0.25, 0.3) is 0 Å². The molecule has 2 aromatic carbocycles. The van der Waals surface area contributed by atoms with Crippen molar-refractivity contribution in [2.75, 3.05) is 13.7 Å². The summed E-state index contributed by atoms with van der Waals surface area (Å²) in [5.41, 5.74) is 1.17. The van der Waals surface area contributed by atoms with Gasteiger partial charge in [0.2, 0.25) is 0 Å². The standard InChI is InChI=1S/C18H15Cl3N2O/c1-24-11-18(23-9-8-22-12-23,13-2-4-14(19)5-3-13)16-7-6-15(20)10-17(16)21/h2-10,12H,11H2,1H3. The second-order valence-electron chi connectivity index (χ2n) is 5.39. The Morgan fingerprint density at radius 3 is 2.33 bits per heavy atom. The molecule has 1 atom stereocenters. The maximum Gasteiger partial charge on any atom is 0.120 e. The zero-order valence-corrected chi connectivity index (χ0v) is 15.2. The average molecular weight is 382 g/mol. The van der Waals surface area contributed by atoms with E-state index >= 15 is 0 Å². The quantitative estimate of drug-likeness (QED) is 0.601. The van der Waals surface area contributed by atoms with E-state index in [4.69, 9.17) is 39.5 Å². The maximum atomic E-state index is 6.55. The number of halogens is 3. The molecule has 24 heavy (non-hydrogen) atoms. The molecule has 0 radical (unpaired) electrons. The van der Waals surface area contributed by atoms with Crippen molar-refractivity contribution in [1.29, 1.82) is 0 Å². The summed E-state index contributed by atoms with van der Waals surface area (Å²) in [4.78, 5) is 4.20. The van der Waals surface area contributed by atoms with Gasteiger partial charge < -0.3 is 9.30 Å². The topological polar surface area (TPSA) is 27.1 Å². The third kappa shape index (κ3) is 3.05. The second-order valence-corrected chi connectivity index (χ2v) is 6.67. The van der Waals surface area contributed by atoms with Crippen molar-refractivity contribution in [3.8, 4) is 0 Å². The summed E-state index contributed by atoms with van der Waals surface area (Å²) in [6.07, 6.45) is 5.36. The van der Waals surface area contributed by atoms with E-state index in [1.807, 2.05) is 47.2 Å². The van der Waals surface area contributed by atoms with Gasteiger partial charge in [0.1, 0.15) is 5.54 Å². The molecule has 0 aliphatic carbocycles. The minimum Gasteiger partial charge on any atom is -0.381 e. The fourth-order valence-electron chi connectivity index (χ4n) is 2.92. The highest BCUT2D eigenvalue weighted by atomic mass is 35.5. The third-order valence-electron chi connectivity index (χ3n) is 4.00. The van der Waals surface area contributed by atoms with Crippen LogP contribution in [-0.4, -0.2) is 23.3 Å². The van der Waals surface area contributed by atoms with Crippen LogP contribution in [0.1, 0.15) is 11.1 Å². The summed E-state index contributed by atoms with van der Waals surface area (Å²) >= 11 is 18.7. The Labute approximate surface area is 155 Å². The molecule has 0 bridgehead atoms. The van der Waals surface area contributed by atoms with Gasteiger partial charge >= 0.3 is 0 Å². The number of hydrogen-bond acceptors (Lipinski definition) is 2. The predicted molar refractivity (Wildman–Crippen MR) is 98.2 cm³/mol. The SMILES string of the molecule is COCC(c1ccc(Cl)cc1)(c1ccc(Cl)cc1Cl)n1ccnc1. The third-order valence-corrected chi connectivity index (χ3v) is 4.80. The number of rotatable bonds is 5. The monoisotopic (exact) mass is 380 g/mol. The Morgan fingerprint density at radius 1 is 1.04 bits per heavy atom. The molecule has 6 heteroatoms. The summed E-state index contributed by atoms with van der Waals surface area (Å²) < 4.78 is 7.56. The molecular weight excluding hydrogens is 367 g/mol. The van der Waals surface area contributed by atoms with Crippen molar-refractivity contribution in [1.82, 2.24) is 9.55 Å². The van der Waals surface area contributed by atoms with Gasteiger partial charge in [-0.1, -0.05) is 53.0 Å². The number of nitrogens with zero attached hydrogens (tertiary/aromatic N) is 2. The van der Waals surface area contributed by atoms with Crippen molar-refractivity contribution in [2.45, 2.75) is 5.54 Å². The number of imidazole rings is 1. The molecule has 0 saturated heterocycles. The summed E-state index contributed by atoms with van der Waals surface area (Å²) in [6, 6.07) is 13.1. The number of hydrogen-bond donors (Lipinski definition) is 0. The fraction of sp³-hybridized carbons (Fsp3) is 0.167.